The molecule has 0 amide bonds. The zero-order valence-electron chi connectivity index (χ0n) is 12.0. The fourth-order valence-electron chi connectivity index (χ4n) is 2.00. The molecule has 2 aromatic rings. The molecule has 0 fully saturated rings. The summed E-state index contributed by atoms with van der Waals surface area (Å²) in [4.78, 5) is 11.4. The number of halogens is 1. The van der Waals surface area contributed by atoms with E-state index in [1.165, 1.54) is 0 Å². The Bertz CT molecular complexity index is 652. The first-order chi connectivity index (χ1) is 9.97. The van der Waals surface area contributed by atoms with E-state index in [0.717, 1.165) is 16.7 Å². The van der Waals surface area contributed by atoms with Crippen LogP contribution < -0.4 is 4.74 Å². The molecular formula is C17H17ClO3. The molecule has 0 aromatic heterocycles. The highest BCUT2D eigenvalue weighted by molar-refractivity contribution is 6.31. The Kier molecular flexibility index (Phi) is 4.86. The van der Waals surface area contributed by atoms with Crippen molar-refractivity contribution in [3.63, 3.8) is 0 Å². The highest BCUT2D eigenvalue weighted by atomic mass is 35.5. The van der Waals surface area contributed by atoms with E-state index >= 15 is 0 Å². The SMILES string of the molecule is Cc1ccc(CC(Oc2ccccc2C)C(=O)O)cc1Cl. The number of hydrogen-bond acceptors (Lipinski definition) is 2. The highest BCUT2D eigenvalue weighted by Crippen LogP contribution is 2.21. The maximum absolute atomic E-state index is 11.4. The van der Waals surface area contributed by atoms with Crippen molar-refractivity contribution in [2.24, 2.45) is 0 Å². The van der Waals surface area contributed by atoms with Crippen molar-refractivity contribution in [3.8, 4) is 5.75 Å². The van der Waals surface area contributed by atoms with Gasteiger partial charge >= 0.3 is 5.97 Å². The van der Waals surface area contributed by atoms with Gasteiger partial charge in [0, 0.05) is 11.4 Å². The van der Waals surface area contributed by atoms with E-state index in [2.05, 4.69) is 0 Å². The third-order valence-corrected chi connectivity index (χ3v) is 3.70. The molecule has 0 saturated carbocycles. The first-order valence-electron chi connectivity index (χ1n) is 6.67. The summed E-state index contributed by atoms with van der Waals surface area (Å²) in [5.41, 5.74) is 2.71. The minimum Gasteiger partial charge on any atom is -0.478 e. The molecule has 3 nitrogen and oxygen atoms in total. The summed E-state index contributed by atoms with van der Waals surface area (Å²) in [6.07, 6.45) is -0.672. The molecule has 2 rings (SSSR count). The summed E-state index contributed by atoms with van der Waals surface area (Å²) in [7, 11) is 0. The Morgan fingerprint density at radius 2 is 1.90 bits per heavy atom. The number of rotatable bonds is 5. The molecule has 0 aliphatic heterocycles. The molecule has 0 heterocycles. The zero-order valence-corrected chi connectivity index (χ0v) is 12.7. The second-order valence-corrected chi connectivity index (χ2v) is 5.41. The molecule has 0 aliphatic rings. The number of aliphatic carboxylic acids is 1. The number of ether oxygens (including phenoxy) is 1. The second kappa shape index (κ2) is 6.64. The molecule has 1 unspecified atom stereocenters. The van der Waals surface area contributed by atoms with Crippen molar-refractivity contribution in [2.75, 3.05) is 0 Å². The minimum atomic E-state index is -0.991. The van der Waals surface area contributed by atoms with Gasteiger partial charge in [-0.2, -0.15) is 0 Å². The van der Waals surface area contributed by atoms with Crippen LogP contribution in [0.2, 0.25) is 5.02 Å². The Morgan fingerprint density at radius 1 is 1.19 bits per heavy atom. The van der Waals surface area contributed by atoms with Crippen LogP contribution in [-0.2, 0) is 11.2 Å². The number of aryl methyl sites for hydroxylation is 2. The minimum absolute atomic E-state index is 0.268. The van der Waals surface area contributed by atoms with E-state index in [-0.39, 0.29) is 6.42 Å². The van der Waals surface area contributed by atoms with Crippen molar-refractivity contribution in [1.82, 2.24) is 0 Å². The average Bonchev–Trinajstić information content (AvgIpc) is 2.44. The lowest BCUT2D eigenvalue weighted by Gasteiger charge is -2.17. The Labute approximate surface area is 129 Å². The van der Waals surface area contributed by atoms with E-state index in [0.29, 0.717) is 10.8 Å². The van der Waals surface area contributed by atoms with Gasteiger partial charge in [-0.05, 0) is 42.7 Å². The molecular weight excluding hydrogens is 288 g/mol. The Hall–Kier alpha value is -2.00. The van der Waals surface area contributed by atoms with Crippen LogP contribution >= 0.6 is 11.6 Å². The van der Waals surface area contributed by atoms with Gasteiger partial charge in [0.25, 0.3) is 0 Å². The van der Waals surface area contributed by atoms with Crippen LogP contribution in [-0.4, -0.2) is 17.2 Å². The Morgan fingerprint density at radius 3 is 2.52 bits per heavy atom. The summed E-state index contributed by atoms with van der Waals surface area (Å²) in [6.45, 7) is 3.79. The van der Waals surface area contributed by atoms with Gasteiger partial charge in [0.05, 0.1) is 0 Å². The lowest BCUT2D eigenvalue weighted by molar-refractivity contribution is -0.145. The van der Waals surface area contributed by atoms with Crippen LogP contribution in [0.15, 0.2) is 42.5 Å². The normalized spacial score (nSPS) is 12.0. The number of carboxylic acid groups (broad SMARTS) is 1. The smallest absolute Gasteiger partial charge is 0.345 e. The molecule has 21 heavy (non-hydrogen) atoms. The van der Waals surface area contributed by atoms with Gasteiger partial charge in [0.15, 0.2) is 6.10 Å². The first kappa shape index (κ1) is 15.4. The summed E-state index contributed by atoms with van der Waals surface area (Å²) in [5.74, 6) is -0.405. The average molecular weight is 305 g/mol. The zero-order chi connectivity index (χ0) is 15.4. The molecule has 0 spiro atoms. The molecule has 2 aromatic carbocycles. The second-order valence-electron chi connectivity index (χ2n) is 5.00. The van der Waals surface area contributed by atoms with E-state index in [1.807, 2.05) is 44.2 Å². The van der Waals surface area contributed by atoms with Crippen LogP contribution in [0.1, 0.15) is 16.7 Å². The molecule has 0 radical (unpaired) electrons. The molecule has 1 atom stereocenters. The summed E-state index contributed by atoms with van der Waals surface area (Å²) in [5, 5.41) is 9.98. The Balaban J connectivity index is 2.18. The quantitative estimate of drug-likeness (QED) is 0.907. The molecule has 4 heteroatoms. The third-order valence-electron chi connectivity index (χ3n) is 3.30. The number of hydrogen-bond donors (Lipinski definition) is 1. The summed E-state index contributed by atoms with van der Waals surface area (Å²) < 4.78 is 5.64. The monoisotopic (exact) mass is 304 g/mol. The van der Waals surface area contributed by atoms with Crippen LogP contribution in [0, 0.1) is 13.8 Å². The van der Waals surface area contributed by atoms with Gasteiger partial charge in [-0.3, -0.25) is 0 Å². The lowest BCUT2D eigenvalue weighted by Crippen LogP contribution is -2.29. The van der Waals surface area contributed by atoms with Gasteiger partial charge in [-0.15, -0.1) is 0 Å². The summed E-state index contributed by atoms with van der Waals surface area (Å²) in [6, 6.07) is 12.9. The van der Waals surface area contributed by atoms with Gasteiger partial charge in [-0.25, -0.2) is 4.79 Å². The number of para-hydroxylation sites is 1. The van der Waals surface area contributed by atoms with Crippen molar-refractivity contribution in [2.45, 2.75) is 26.4 Å². The van der Waals surface area contributed by atoms with Crippen molar-refractivity contribution in [3.05, 3.63) is 64.2 Å². The number of carbonyl (C=O) groups is 1. The summed E-state index contributed by atoms with van der Waals surface area (Å²) >= 11 is 6.07. The van der Waals surface area contributed by atoms with Gasteiger partial charge in [0.1, 0.15) is 5.75 Å². The largest absolute Gasteiger partial charge is 0.478 e. The van der Waals surface area contributed by atoms with Crippen molar-refractivity contribution < 1.29 is 14.6 Å². The van der Waals surface area contributed by atoms with Gasteiger partial charge < -0.3 is 9.84 Å². The number of carboxylic acids is 1. The van der Waals surface area contributed by atoms with Crippen LogP contribution in [0.25, 0.3) is 0 Å². The highest BCUT2D eigenvalue weighted by Gasteiger charge is 2.21. The standard InChI is InChI=1S/C17H17ClO3/c1-11-7-8-13(9-14(11)18)10-16(17(19)20)21-15-6-4-3-5-12(15)2/h3-9,16H,10H2,1-2H3,(H,19,20). The molecule has 1 N–H and O–H groups in total. The first-order valence-corrected chi connectivity index (χ1v) is 7.05. The van der Waals surface area contributed by atoms with Crippen LogP contribution in [0.3, 0.4) is 0 Å². The van der Waals surface area contributed by atoms with Crippen LogP contribution in [0.5, 0.6) is 5.75 Å². The van der Waals surface area contributed by atoms with Gasteiger partial charge in [0.2, 0.25) is 0 Å². The lowest BCUT2D eigenvalue weighted by atomic mass is 10.1. The maximum Gasteiger partial charge on any atom is 0.345 e. The van der Waals surface area contributed by atoms with Gasteiger partial charge in [-0.1, -0.05) is 41.9 Å². The molecule has 0 aliphatic carbocycles. The van der Waals surface area contributed by atoms with Crippen molar-refractivity contribution >= 4 is 17.6 Å². The number of benzene rings is 2. The van der Waals surface area contributed by atoms with Crippen LogP contribution in [0.4, 0.5) is 0 Å². The third kappa shape index (κ3) is 3.99. The van der Waals surface area contributed by atoms with E-state index < -0.39 is 12.1 Å². The van der Waals surface area contributed by atoms with E-state index in [9.17, 15) is 9.90 Å². The molecule has 110 valence electrons. The fraction of sp³-hybridized carbons (Fsp3) is 0.235. The predicted molar refractivity (Wildman–Crippen MR) is 83.1 cm³/mol. The van der Waals surface area contributed by atoms with E-state index in [1.54, 1.807) is 12.1 Å². The topological polar surface area (TPSA) is 46.5 Å². The van der Waals surface area contributed by atoms with E-state index in [4.69, 9.17) is 16.3 Å². The molecule has 0 bridgehead atoms. The molecule has 0 saturated heterocycles. The van der Waals surface area contributed by atoms with Crippen molar-refractivity contribution in [1.29, 1.82) is 0 Å². The predicted octanol–water partition coefficient (Wildman–Crippen LogP) is 4.03. The maximum atomic E-state index is 11.4. The fourth-order valence-corrected chi connectivity index (χ4v) is 2.20.